The first kappa shape index (κ1) is 14.3. The van der Waals surface area contributed by atoms with Crippen LogP contribution < -0.4 is 5.32 Å². The van der Waals surface area contributed by atoms with Gasteiger partial charge in [-0.3, -0.25) is 4.79 Å². The number of benzene rings is 2. The summed E-state index contributed by atoms with van der Waals surface area (Å²) >= 11 is 5.97. The standard InChI is InChI=1S/C18H15ClN2O2/c19-12-5-6-14-11(7-12)9-16(20-14)18(23)21-15-8-10-3-1-2-4-13(10)17(15)22/h1-7,9,15,17,20,22H,8H2,(H,21,23)/t15?,17-/m1/s1. The third-order valence-electron chi connectivity index (χ3n) is 4.34. The summed E-state index contributed by atoms with van der Waals surface area (Å²) in [5, 5.41) is 14.8. The van der Waals surface area contributed by atoms with E-state index >= 15 is 0 Å². The van der Waals surface area contributed by atoms with Crippen LogP contribution in [0.3, 0.4) is 0 Å². The number of hydrogen-bond donors (Lipinski definition) is 3. The summed E-state index contributed by atoms with van der Waals surface area (Å²) < 4.78 is 0. The minimum absolute atomic E-state index is 0.228. The van der Waals surface area contributed by atoms with Gasteiger partial charge in [-0.25, -0.2) is 0 Å². The van der Waals surface area contributed by atoms with Crippen molar-refractivity contribution in [2.24, 2.45) is 0 Å². The van der Waals surface area contributed by atoms with E-state index in [-0.39, 0.29) is 11.9 Å². The fourth-order valence-corrected chi connectivity index (χ4v) is 3.36. The van der Waals surface area contributed by atoms with Gasteiger partial charge in [0, 0.05) is 15.9 Å². The summed E-state index contributed by atoms with van der Waals surface area (Å²) in [5.74, 6) is -0.228. The number of carbonyl (C=O) groups excluding carboxylic acids is 1. The molecule has 1 heterocycles. The zero-order valence-electron chi connectivity index (χ0n) is 12.2. The number of aliphatic hydroxyl groups is 1. The lowest BCUT2D eigenvalue weighted by Crippen LogP contribution is -2.37. The predicted octanol–water partition coefficient (Wildman–Crippen LogP) is 3.21. The Labute approximate surface area is 138 Å². The van der Waals surface area contributed by atoms with Crippen LogP contribution in [0.2, 0.25) is 5.02 Å². The fourth-order valence-electron chi connectivity index (χ4n) is 3.18. The zero-order chi connectivity index (χ0) is 16.0. The molecule has 23 heavy (non-hydrogen) atoms. The quantitative estimate of drug-likeness (QED) is 0.677. The summed E-state index contributed by atoms with van der Waals surface area (Å²) in [4.78, 5) is 15.5. The Hall–Kier alpha value is -2.30. The molecule has 2 aromatic carbocycles. The van der Waals surface area contributed by atoms with Gasteiger partial charge in [0.1, 0.15) is 5.69 Å². The highest BCUT2D eigenvalue weighted by atomic mass is 35.5. The summed E-state index contributed by atoms with van der Waals surface area (Å²) in [6.45, 7) is 0. The SMILES string of the molecule is O=C(NC1Cc2ccccc2[C@H]1O)c1cc2cc(Cl)ccc2[nH]1. The molecule has 0 radical (unpaired) electrons. The van der Waals surface area contributed by atoms with Crippen LogP contribution in [0.1, 0.15) is 27.7 Å². The van der Waals surface area contributed by atoms with Crippen molar-refractivity contribution in [3.05, 3.63) is 70.4 Å². The number of hydrogen-bond acceptors (Lipinski definition) is 2. The first-order chi connectivity index (χ1) is 11.1. The maximum absolute atomic E-state index is 12.5. The van der Waals surface area contributed by atoms with Gasteiger partial charge in [-0.15, -0.1) is 0 Å². The normalized spacial score (nSPS) is 19.7. The Kier molecular flexibility index (Phi) is 3.36. The van der Waals surface area contributed by atoms with Gasteiger partial charge in [0.2, 0.25) is 0 Å². The lowest BCUT2D eigenvalue weighted by molar-refractivity contribution is 0.0854. The van der Waals surface area contributed by atoms with Gasteiger partial charge in [0.15, 0.2) is 0 Å². The molecular formula is C18H15ClN2O2. The molecule has 2 atom stereocenters. The number of aromatic amines is 1. The molecular weight excluding hydrogens is 312 g/mol. The first-order valence-electron chi connectivity index (χ1n) is 7.47. The number of fused-ring (bicyclic) bond motifs is 2. The average molecular weight is 327 g/mol. The van der Waals surface area contributed by atoms with Gasteiger partial charge >= 0.3 is 0 Å². The van der Waals surface area contributed by atoms with Gasteiger partial charge in [-0.05, 0) is 41.8 Å². The number of aliphatic hydroxyl groups excluding tert-OH is 1. The molecule has 116 valence electrons. The second kappa shape index (κ2) is 5.41. The molecule has 0 fully saturated rings. The highest BCUT2D eigenvalue weighted by molar-refractivity contribution is 6.31. The van der Waals surface area contributed by atoms with Crippen LogP contribution in [0.5, 0.6) is 0 Å². The van der Waals surface area contributed by atoms with Gasteiger partial charge in [0.05, 0.1) is 12.1 Å². The van der Waals surface area contributed by atoms with Crippen molar-refractivity contribution in [1.82, 2.24) is 10.3 Å². The average Bonchev–Trinajstić information content (AvgIpc) is 3.09. The molecule has 0 saturated carbocycles. The van der Waals surface area contributed by atoms with E-state index in [4.69, 9.17) is 11.6 Å². The number of aromatic nitrogens is 1. The predicted molar refractivity (Wildman–Crippen MR) is 89.7 cm³/mol. The van der Waals surface area contributed by atoms with E-state index in [1.165, 1.54) is 0 Å². The summed E-state index contributed by atoms with van der Waals surface area (Å²) in [5.41, 5.74) is 3.29. The van der Waals surface area contributed by atoms with Crippen molar-refractivity contribution in [1.29, 1.82) is 0 Å². The minimum Gasteiger partial charge on any atom is -0.386 e. The van der Waals surface area contributed by atoms with Crippen LogP contribution in [0.4, 0.5) is 0 Å². The number of H-pyrrole nitrogens is 1. The molecule has 4 rings (SSSR count). The topological polar surface area (TPSA) is 65.1 Å². The van der Waals surface area contributed by atoms with E-state index < -0.39 is 6.10 Å². The van der Waals surface area contributed by atoms with E-state index in [2.05, 4.69) is 10.3 Å². The molecule has 0 bridgehead atoms. The van der Waals surface area contributed by atoms with Crippen molar-refractivity contribution in [2.75, 3.05) is 0 Å². The second-order valence-corrected chi connectivity index (χ2v) is 6.28. The van der Waals surface area contributed by atoms with E-state index in [1.807, 2.05) is 36.4 Å². The highest BCUT2D eigenvalue weighted by Crippen LogP contribution is 2.31. The Morgan fingerprint density at radius 3 is 2.87 bits per heavy atom. The summed E-state index contributed by atoms with van der Waals surface area (Å²) in [6.07, 6.45) is -0.0382. The second-order valence-electron chi connectivity index (χ2n) is 5.84. The van der Waals surface area contributed by atoms with Crippen molar-refractivity contribution in [2.45, 2.75) is 18.6 Å². The number of amides is 1. The molecule has 1 unspecified atom stereocenters. The molecule has 1 aliphatic carbocycles. The number of nitrogens with one attached hydrogen (secondary N) is 2. The molecule has 4 nitrogen and oxygen atoms in total. The number of halogens is 1. The monoisotopic (exact) mass is 326 g/mol. The molecule has 5 heteroatoms. The van der Waals surface area contributed by atoms with Crippen molar-refractivity contribution >= 4 is 28.4 Å². The maximum Gasteiger partial charge on any atom is 0.268 e. The minimum atomic E-state index is -0.672. The molecule has 1 aliphatic rings. The molecule has 3 N–H and O–H groups in total. The highest BCUT2D eigenvalue weighted by Gasteiger charge is 2.32. The lowest BCUT2D eigenvalue weighted by Gasteiger charge is -2.16. The van der Waals surface area contributed by atoms with Gasteiger partial charge in [-0.2, -0.15) is 0 Å². The molecule has 3 aromatic rings. The maximum atomic E-state index is 12.5. The smallest absolute Gasteiger partial charge is 0.268 e. The molecule has 0 spiro atoms. The largest absolute Gasteiger partial charge is 0.386 e. The van der Waals surface area contributed by atoms with Crippen molar-refractivity contribution in [3.8, 4) is 0 Å². The van der Waals surface area contributed by atoms with Gasteiger partial charge in [-0.1, -0.05) is 35.9 Å². The van der Waals surface area contributed by atoms with E-state index in [0.717, 1.165) is 22.0 Å². The van der Waals surface area contributed by atoms with Crippen LogP contribution in [-0.4, -0.2) is 22.0 Å². The Balaban J connectivity index is 1.56. The van der Waals surface area contributed by atoms with Crippen LogP contribution in [0, 0.1) is 0 Å². The third kappa shape index (κ3) is 2.50. The van der Waals surface area contributed by atoms with Crippen LogP contribution in [0.15, 0.2) is 48.5 Å². The molecule has 0 saturated heterocycles. The van der Waals surface area contributed by atoms with E-state index in [9.17, 15) is 9.90 Å². The van der Waals surface area contributed by atoms with Gasteiger partial charge < -0.3 is 15.4 Å². The van der Waals surface area contributed by atoms with E-state index in [0.29, 0.717) is 17.1 Å². The van der Waals surface area contributed by atoms with Crippen molar-refractivity contribution < 1.29 is 9.90 Å². The fraction of sp³-hybridized carbons (Fsp3) is 0.167. The number of rotatable bonds is 2. The Morgan fingerprint density at radius 1 is 1.22 bits per heavy atom. The molecule has 0 aliphatic heterocycles. The zero-order valence-corrected chi connectivity index (χ0v) is 13.0. The van der Waals surface area contributed by atoms with E-state index in [1.54, 1.807) is 12.1 Å². The van der Waals surface area contributed by atoms with Crippen LogP contribution >= 0.6 is 11.6 Å². The Morgan fingerprint density at radius 2 is 2.04 bits per heavy atom. The number of carbonyl (C=O) groups is 1. The Bertz CT molecular complexity index is 903. The summed E-state index contributed by atoms with van der Waals surface area (Å²) in [7, 11) is 0. The van der Waals surface area contributed by atoms with Crippen LogP contribution in [-0.2, 0) is 6.42 Å². The first-order valence-corrected chi connectivity index (χ1v) is 7.84. The summed E-state index contributed by atoms with van der Waals surface area (Å²) in [6, 6.07) is 14.6. The van der Waals surface area contributed by atoms with Crippen LogP contribution in [0.25, 0.3) is 10.9 Å². The molecule has 1 aromatic heterocycles. The van der Waals surface area contributed by atoms with Gasteiger partial charge in [0.25, 0.3) is 5.91 Å². The third-order valence-corrected chi connectivity index (χ3v) is 4.57. The lowest BCUT2D eigenvalue weighted by atomic mass is 10.1. The molecule has 1 amide bonds. The van der Waals surface area contributed by atoms with Crippen molar-refractivity contribution in [3.63, 3.8) is 0 Å².